The molecule has 0 aliphatic heterocycles. The van der Waals surface area contributed by atoms with Crippen molar-refractivity contribution in [2.45, 2.75) is 6.04 Å². The predicted octanol–water partition coefficient (Wildman–Crippen LogP) is 2.84. The van der Waals surface area contributed by atoms with Crippen molar-refractivity contribution in [3.8, 4) is 0 Å². The minimum Gasteiger partial charge on any atom is -0.320 e. The summed E-state index contributed by atoms with van der Waals surface area (Å²) < 4.78 is 0.751. The van der Waals surface area contributed by atoms with Crippen LogP contribution in [0.4, 0.5) is 0 Å². The van der Waals surface area contributed by atoms with E-state index in [4.69, 9.17) is 17.3 Å². The number of nitrogens with zero attached hydrogens (tertiary/aromatic N) is 1. The summed E-state index contributed by atoms with van der Waals surface area (Å²) in [4.78, 5) is 4.03. The topological polar surface area (TPSA) is 38.9 Å². The molecule has 0 saturated heterocycles. The van der Waals surface area contributed by atoms with Crippen LogP contribution in [0.3, 0.4) is 0 Å². The molecule has 2 aromatic rings. The number of halogens is 1. The maximum absolute atomic E-state index is 6.04. The molecule has 0 amide bonds. The van der Waals surface area contributed by atoms with E-state index in [0.717, 1.165) is 15.5 Å². The summed E-state index contributed by atoms with van der Waals surface area (Å²) in [5, 5.41) is 1.94. The first-order valence-corrected chi connectivity index (χ1v) is 5.43. The van der Waals surface area contributed by atoms with Gasteiger partial charge in [0.15, 0.2) is 0 Å². The highest BCUT2D eigenvalue weighted by Gasteiger charge is 2.12. The number of hydrogen-bond acceptors (Lipinski definition) is 3. The van der Waals surface area contributed by atoms with Crippen LogP contribution in [0, 0.1) is 0 Å². The summed E-state index contributed by atoms with van der Waals surface area (Å²) in [6, 6.07) is 5.59. The number of rotatable bonds is 2. The van der Waals surface area contributed by atoms with Gasteiger partial charge in [-0.05, 0) is 23.1 Å². The van der Waals surface area contributed by atoms with Gasteiger partial charge in [0.1, 0.15) is 0 Å². The minimum absolute atomic E-state index is 0.178. The molecule has 0 aliphatic rings. The van der Waals surface area contributed by atoms with Gasteiger partial charge < -0.3 is 5.73 Å². The zero-order chi connectivity index (χ0) is 9.97. The van der Waals surface area contributed by atoms with Gasteiger partial charge in [-0.25, -0.2) is 0 Å². The highest BCUT2D eigenvalue weighted by molar-refractivity contribution is 7.14. The minimum atomic E-state index is -0.178. The van der Waals surface area contributed by atoms with Gasteiger partial charge >= 0.3 is 0 Å². The second-order valence-electron chi connectivity index (χ2n) is 2.91. The highest BCUT2D eigenvalue weighted by Crippen LogP contribution is 2.30. The Morgan fingerprint density at radius 2 is 2.29 bits per heavy atom. The van der Waals surface area contributed by atoms with Crippen LogP contribution < -0.4 is 5.73 Å². The smallest absolute Gasteiger partial charge is 0.0979 e. The fraction of sp³-hybridized carbons (Fsp3) is 0.100. The van der Waals surface area contributed by atoms with Crippen LogP contribution in [0.15, 0.2) is 36.0 Å². The second kappa shape index (κ2) is 4.09. The van der Waals surface area contributed by atoms with Gasteiger partial charge in [0, 0.05) is 18.0 Å². The Kier molecular flexibility index (Phi) is 2.82. The first-order valence-electron chi connectivity index (χ1n) is 4.17. The van der Waals surface area contributed by atoms with E-state index < -0.39 is 0 Å². The van der Waals surface area contributed by atoms with Gasteiger partial charge in [-0.1, -0.05) is 17.7 Å². The van der Waals surface area contributed by atoms with Crippen molar-refractivity contribution in [1.82, 2.24) is 4.98 Å². The van der Waals surface area contributed by atoms with Gasteiger partial charge in [-0.15, -0.1) is 11.3 Å². The average molecular weight is 225 g/mol. The third-order valence-electron chi connectivity index (χ3n) is 2.02. The van der Waals surface area contributed by atoms with Gasteiger partial charge in [0.05, 0.1) is 10.4 Å². The monoisotopic (exact) mass is 224 g/mol. The van der Waals surface area contributed by atoms with Gasteiger partial charge in [0.25, 0.3) is 0 Å². The number of nitrogens with two attached hydrogens (primary N) is 1. The van der Waals surface area contributed by atoms with Gasteiger partial charge in [-0.2, -0.15) is 0 Å². The third kappa shape index (κ3) is 1.80. The van der Waals surface area contributed by atoms with E-state index in [9.17, 15) is 0 Å². The van der Waals surface area contributed by atoms with E-state index in [1.807, 2.05) is 23.6 Å². The Morgan fingerprint density at radius 3 is 2.86 bits per heavy atom. The van der Waals surface area contributed by atoms with E-state index in [0.29, 0.717) is 0 Å². The van der Waals surface area contributed by atoms with Gasteiger partial charge in [-0.3, -0.25) is 4.98 Å². The average Bonchev–Trinajstić information content (AvgIpc) is 2.65. The summed E-state index contributed by atoms with van der Waals surface area (Å²) >= 11 is 7.50. The largest absolute Gasteiger partial charge is 0.320 e. The Balaban J connectivity index is 2.34. The summed E-state index contributed by atoms with van der Waals surface area (Å²) in [5.41, 5.74) is 7.99. The van der Waals surface area contributed by atoms with Crippen molar-refractivity contribution in [2.24, 2.45) is 5.73 Å². The number of pyridine rings is 1. The molecule has 72 valence electrons. The number of hydrogen-bond donors (Lipinski definition) is 1. The lowest BCUT2D eigenvalue weighted by atomic mass is 10.0. The first kappa shape index (κ1) is 9.65. The molecule has 2 nitrogen and oxygen atoms in total. The molecule has 0 radical (unpaired) electrons. The molecule has 1 unspecified atom stereocenters. The lowest BCUT2D eigenvalue weighted by Crippen LogP contribution is -2.11. The third-order valence-corrected chi connectivity index (χ3v) is 3.22. The normalized spacial score (nSPS) is 12.7. The molecule has 14 heavy (non-hydrogen) atoms. The quantitative estimate of drug-likeness (QED) is 0.852. The van der Waals surface area contributed by atoms with Gasteiger partial charge in [0.2, 0.25) is 0 Å². The fourth-order valence-electron chi connectivity index (χ4n) is 1.27. The molecule has 2 heterocycles. The Bertz CT molecular complexity index is 413. The molecule has 0 aromatic carbocycles. The molecule has 0 aliphatic carbocycles. The van der Waals surface area contributed by atoms with Crippen LogP contribution in [-0.2, 0) is 0 Å². The molecule has 1 atom stereocenters. The van der Waals surface area contributed by atoms with Crippen LogP contribution in [0.1, 0.15) is 17.2 Å². The van der Waals surface area contributed by atoms with Crippen LogP contribution in [0.2, 0.25) is 4.34 Å². The Morgan fingerprint density at radius 1 is 1.43 bits per heavy atom. The van der Waals surface area contributed by atoms with Crippen molar-refractivity contribution in [3.05, 3.63) is 51.4 Å². The maximum atomic E-state index is 6.04. The zero-order valence-corrected chi connectivity index (χ0v) is 8.92. The fourth-order valence-corrected chi connectivity index (χ4v) is 2.27. The summed E-state index contributed by atoms with van der Waals surface area (Å²) in [7, 11) is 0. The van der Waals surface area contributed by atoms with Crippen molar-refractivity contribution in [3.63, 3.8) is 0 Å². The Hall–Kier alpha value is -0.900. The van der Waals surface area contributed by atoms with Crippen LogP contribution >= 0.6 is 22.9 Å². The summed E-state index contributed by atoms with van der Waals surface area (Å²) in [6.07, 6.45) is 3.49. The molecule has 4 heteroatoms. The summed E-state index contributed by atoms with van der Waals surface area (Å²) in [5.74, 6) is 0. The van der Waals surface area contributed by atoms with Crippen LogP contribution in [0.25, 0.3) is 0 Å². The summed E-state index contributed by atoms with van der Waals surface area (Å²) in [6.45, 7) is 0. The molecule has 0 bridgehead atoms. The first-order chi connectivity index (χ1) is 6.79. The molecule has 2 rings (SSSR count). The maximum Gasteiger partial charge on any atom is 0.0979 e. The lowest BCUT2D eigenvalue weighted by Gasteiger charge is -2.09. The SMILES string of the molecule is NC(c1cccnc1)c1ccsc1Cl. The number of aromatic nitrogens is 1. The van der Waals surface area contributed by atoms with E-state index in [1.165, 1.54) is 11.3 Å². The zero-order valence-electron chi connectivity index (χ0n) is 7.35. The molecule has 0 fully saturated rings. The standard InChI is InChI=1S/C10H9ClN2S/c11-10-8(3-5-14-10)9(12)7-2-1-4-13-6-7/h1-6,9H,12H2. The van der Waals surface area contributed by atoms with E-state index in [1.54, 1.807) is 12.4 Å². The highest BCUT2D eigenvalue weighted by atomic mass is 35.5. The van der Waals surface area contributed by atoms with Crippen molar-refractivity contribution in [1.29, 1.82) is 0 Å². The molecular weight excluding hydrogens is 216 g/mol. The Labute approximate surface area is 91.4 Å². The number of thiophene rings is 1. The van der Waals surface area contributed by atoms with E-state index in [2.05, 4.69) is 4.98 Å². The predicted molar refractivity (Wildman–Crippen MR) is 59.6 cm³/mol. The second-order valence-corrected chi connectivity index (χ2v) is 4.43. The molecule has 2 aromatic heterocycles. The molecule has 2 N–H and O–H groups in total. The lowest BCUT2D eigenvalue weighted by molar-refractivity contribution is 0.868. The van der Waals surface area contributed by atoms with Crippen molar-refractivity contribution >= 4 is 22.9 Å². The molecule has 0 saturated carbocycles. The van der Waals surface area contributed by atoms with Crippen LogP contribution in [0.5, 0.6) is 0 Å². The van der Waals surface area contributed by atoms with Crippen LogP contribution in [-0.4, -0.2) is 4.98 Å². The molecule has 0 spiro atoms. The van der Waals surface area contributed by atoms with Crippen molar-refractivity contribution in [2.75, 3.05) is 0 Å². The van der Waals surface area contributed by atoms with E-state index >= 15 is 0 Å². The van der Waals surface area contributed by atoms with E-state index in [-0.39, 0.29) is 6.04 Å². The molecular formula is C10H9ClN2S. The van der Waals surface area contributed by atoms with Crippen molar-refractivity contribution < 1.29 is 0 Å².